The Hall–Kier alpha value is -1.69. The van der Waals surface area contributed by atoms with E-state index in [9.17, 15) is 4.79 Å². The Bertz CT molecular complexity index is 605. The number of ether oxygens (including phenoxy) is 1. The molecule has 0 fully saturated rings. The van der Waals surface area contributed by atoms with Crippen LogP contribution in [0.15, 0.2) is 11.7 Å². The van der Waals surface area contributed by atoms with Crippen LogP contribution in [0.1, 0.15) is 40.6 Å². The summed E-state index contributed by atoms with van der Waals surface area (Å²) in [6.45, 7) is 2.40. The van der Waals surface area contributed by atoms with Gasteiger partial charge in [-0.1, -0.05) is 0 Å². The fraction of sp³-hybridized carbons (Fsp3) is 0.500. The molecule has 5 nitrogen and oxygen atoms in total. The molecule has 106 valence electrons. The molecular weight excluding hydrogens is 274 g/mol. The molecule has 0 bridgehead atoms. The van der Waals surface area contributed by atoms with Crippen molar-refractivity contribution in [1.82, 2.24) is 15.2 Å². The van der Waals surface area contributed by atoms with Crippen molar-refractivity contribution in [3.8, 4) is 0 Å². The van der Waals surface area contributed by atoms with E-state index < -0.39 is 0 Å². The van der Waals surface area contributed by atoms with Gasteiger partial charge in [0.2, 0.25) is 0 Å². The van der Waals surface area contributed by atoms with Crippen molar-refractivity contribution in [3.05, 3.63) is 33.5 Å². The quantitative estimate of drug-likeness (QED) is 0.878. The number of rotatable bonds is 4. The average molecular weight is 291 g/mol. The number of fused-ring (bicyclic) bond motifs is 1. The summed E-state index contributed by atoms with van der Waals surface area (Å²) < 4.78 is 5.43. The van der Waals surface area contributed by atoms with Crippen LogP contribution < -0.4 is 0 Å². The highest BCUT2D eigenvalue weighted by Crippen LogP contribution is 2.31. The molecule has 6 heteroatoms. The van der Waals surface area contributed by atoms with Crippen molar-refractivity contribution in [2.75, 3.05) is 6.61 Å². The summed E-state index contributed by atoms with van der Waals surface area (Å²) in [6, 6.07) is 0. The molecule has 2 heterocycles. The standard InChI is InChI=1S/C14H17N3O2S/c1-9-13(20-8-15-9)5-6-19-14(18)10-3-2-4-12-11(10)7-16-17-12/h7-8,10H,2-6H2,1H3,(H,16,17)/t10-/m1/s1. The first kappa shape index (κ1) is 13.3. The molecule has 0 saturated heterocycles. The lowest BCUT2D eigenvalue weighted by molar-refractivity contribution is -0.145. The Balaban J connectivity index is 1.57. The maximum absolute atomic E-state index is 12.2. The zero-order valence-corrected chi connectivity index (χ0v) is 12.2. The SMILES string of the molecule is Cc1ncsc1CCOC(=O)[C@@H]1CCCc2[nH]ncc21. The summed E-state index contributed by atoms with van der Waals surface area (Å²) in [7, 11) is 0. The summed E-state index contributed by atoms with van der Waals surface area (Å²) >= 11 is 1.61. The van der Waals surface area contributed by atoms with Crippen LogP contribution in [0.25, 0.3) is 0 Å². The van der Waals surface area contributed by atoms with Gasteiger partial charge in [0.1, 0.15) is 0 Å². The van der Waals surface area contributed by atoms with Crippen LogP contribution in [0.3, 0.4) is 0 Å². The van der Waals surface area contributed by atoms with E-state index in [2.05, 4.69) is 15.2 Å². The third kappa shape index (κ3) is 2.60. The maximum atomic E-state index is 12.2. The summed E-state index contributed by atoms with van der Waals surface area (Å²) in [5.74, 6) is -0.283. The molecule has 1 aliphatic rings. The lowest BCUT2D eigenvalue weighted by Crippen LogP contribution is -2.21. The molecule has 0 amide bonds. The molecule has 0 unspecified atom stereocenters. The molecule has 2 aromatic heterocycles. The number of esters is 1. The Kier molecular flexibility index (Phi) is 3.82. The van der Waals surface area contributed by atoms with E-state index in [1.165, 1.54) is 4.88 Å². The van der Waals surface area contributed by atoms with Crippen molar-refractivity contribution in [2.45, 2.75) is 38.5 Å². The first-order valence-electron chi connectivity index (χ1n) is 6.83. The van der Waals surface area contributed by atoms with Crippen molar-refractivity contribution >= 4 is 17.3 Å². The second-order valence-electron chi connectivity index (χ2n) is 5.03. The molecule has 20 heavy (non-hydrogen) atoms. The van der Waals surface area contributed by atoms with Crippen LogP contribution >= 0.6 is 11.3 Å². The number of carbonyl (C=O) groups excluding carboxylic acids is 1. The molecular formula is C14H17N3O2S. The number of nitrogens with one attached hydrogen (secondary N) is 1. The van der Waals surface area contributed by atoms with Gasteiger partial charge in [-0.15, -0.1) is 11.3 Å². The number of H-pyrrole nitrogens is 1. The van der Waals surface area contributed by atoms with Crippen molar-refractivity contribution in [2.24, 2.45) is 0 Å². The van der Waals surface area contributed by atoms with Gasteiger partial charge in [-0.25, -0.2) is 4.98 Å². The number of nitrogens with zero attached hydrogens (tertiary/aromatic N) is 2. The fourth-order valence-corrected chi connectivity index (χ4v) is 3.38. The first-order valence-corrected chi connectivity index (χ1v) is 7.71. The van der Waals surface area contributed by atoms with Gasteiger partial charge in [-0.3, -0.25) is 9.89 Å². The van der Waals surface area contributed by atoms with Gasteiger partial charge >= 0.3 is 5.97 Å². The second-order valence-corrected chi connectivity index (χ2v) is 5.97. The van der Waals surface area contributed by atoms with E-state index in [1.807, 2.05) is 12.4 Å². The normalized spacial score (nSPS) is 17.8. The molecule has 2 aromatic rings. The van der Waals surface area contributed by atoms with Gasteiger partial charge in [-0.05, 0) is 26.2 Å². The highest BCUT2D eigenvalue weighted by Gasteiger charge is 2.29. The number of aryl methyl sites for hydroxylation is 2. The van der Waals surface area contributed by atoms with Crippen LogP contribution in [0.2, 0.25) is 0 Å². The highest BCUT2D eigenvalue weighted by atomic mass is 32.1. The predicted molar refractivity (Wildman–Crippen MR) is 75.8 cm³/mol. The van der Waals surface area contributed by atoms with E-state index in [1.54, 1.807) is 17.5 Å². The number of aromatic nitrogens is 3. The molecule has 0 spiro atoms. The Labute approximate surface area is 121 Å². The third-order valence-electron chi connectivity index (χ3n) is 3.75. The molecule has 3 rings (SSSR count). The van der Waals surface area contributed by atoms with Crippen LogP contribution in [-0.4, -0.2) is 27.8 Å². The van der Waals surface area contributed by atoms with Crippen LogP contribution in [0.5, 0.6) is 0 Å². The van der Waals surface area contributed by atoms with Crippen molar-refractivity contribution in [3.63, 3.8) is 0 Å². The number of hydrogen-bond donors (Lipinski definition) is 1. The Morgan fingerprint density at radius 3 is 3.30 bits per heavy atom. The fourth-order valence-electron chi connectivity index (χ4n) is 2.62. The van der Waals surface area contributed by atoms with Crippen molar-refractivity contribution < 1.29 is 9.53 Å². The number of aromatic amines is 1. The molecule has 0 saturated carbocycles. The minimum Gasteiger partial charge on any atom is -0.465 e. The van der Waals surface area contributed by atoms with Gasteiger partial charge in [0.25, 0.3) is 0 Å². The number of hydrogen-bond acceptors (Lipinski definition) is 5. The van der Waals surface area contributed by atoms with E-state index in [4.69, 9.17) is 4.74 Å². The minimum absolute atomic E-state index is 0.130. The minimum atomic E-state index is -0.153. The van der Waals surface area contributed by atoms with Crippen LogP contribution in [-0.2, 0) is 22.4 Å². The second kappa shape index (κ2) is 5.75. The van der Waals surface area contributed by atoms with Gasteiger partial charge < -0.3 is 4.74 Å². The topological polar surface area (TPSA) is 67.9 Å². The molecule has 1 aliphatic carbocycles. The van der Waals surface area contributed by atoms with Crippen LogP contribution in [0, 0.1) is 6.92 Å². The summed E-state index contributed by atoms with van der Waals surface area (Å²) in [5.41, 5.74) is 4.94. The summed E-state index contributed by atoms with van der Waals surface area (Å²) in [5, 5.41) is 6.99. The largest absolute Gasteiger partial charge is 0.465 e. The van der Waals surface area contributed by atoms with E-state index >= 15 is 0 Å². The van der Waals surface area contributed by atoms with Gasteiger partial charge in [0, 0.05) is 22.6 Å². The molecule has 0 aliphatic heterocycles. The molecule has 0 aromatic carbocycles. The maximum Gasteiger partial charge on any atom is 0.313 e. The Morgan fingerprint density at radius 1 is 1.60 bits per heavy atom. The highest BCUT2D eigenvalue weighted by molar-refractivity contribution is 7.09. The van der Waals surface area contributed by atoms with E-state index in [0.29, 0.717) is 6.61 Å². The molecule has 0 radical (unpaired) electrons. The number of thiazole rings is 1. The zero-order chi connectivity index (χ0) is 13.9. The van der Waals surface area contributed by atoms with Gasteiger partial charge in [-0.2, -0.15) is 5.10 Å². The number of carbonyl (C=O) groups is 1. The van der Waals surface area contributed by atoms with Crippen molar-refractivity contribution in [1.29, 1.82) is 0 Å². The third-order valence-corrected chi connectivity index (χ3v) is 4.74. The monoisotopic (exact) mass is 291 g/mol. The smallest absolute Gasteiger partial charge is 0.313 e. The molecule has 1 atom stereocenters. The van der Waals surface area contributed by atoms with Crippen LogP contribution in [0.4, 0.5) is 0 Å². The van der Waals surface area contributed by atoms with E-state index in [0.717, 1.165) is 42.6 Å². The zero-order valence-electron chi connectivity index (χ0n) is 11.4. The lowest BCUT2D eigenvalue weighted by Gasteiger charge is -2.20. The molecule has 1 N–H and O–H groups in total. The summed E-state index contributed by atoms with van der Waals surface area (Å²) in [4.78, 5) is 17.6. The first-order chi connectivity index (χ1) is 9.75. The average Bonchev–Trinajstić information content (AvgIpc) is 3.07. The summed E-state index contributed by atoms with van der Waals surface area (Å²) in [6.07, 6.45) is 5.33. The van der Waals surface area contributed by atoms with Gasteiger partial charge in [0.15, 0.2) is 0 Å². The lowest BCUT2D eigenvalue weighted by atomic mass is 9.87. The predicted octanol–water partition coefficient (Wildman–Crippen LogP) is 2.38. The van der Waals surface area contributed by atoms with E-state index in [-0.39, 0.29) is 11.9 Å². The Morgan fingerprint density at radius 2 is 2.50 bits per heavy atom. The van der Waals surface area contributed by atoms with Gasteiger partial charge in [0.05, 0.1) is 29.9 Å².